The van der Waals surface area contributed by atoms with Crippen molar-refractivity contribution in [3.8, 4) is 83.6 Å². The number of alkyl halides is 12. The van der Waals surface area contributed by atoms with E-state index in [0.717, 1.165) is 74.4 Å². The summed E-state index contributed by atoms with van der Waals surface area (Å²) in [6.45, 7) is 13.4. The van der Waals surface area contributed by atoms with Crippen LogP contribution in [0.1, 0.15) is 70.8 Å². The van der Waals surface area contributed by atoms with Crippen LogP contribution in [0.2, 0.25) is 0 Å². The lowest BCUT2D eigenvalue weighted by molar-refractivity contribution is -0.143. The zero-order valence-corrected chi connectivity index (χ0v) is 47.0. The van der Waals surface area contributed by atoms with Crippen molar-refractivity contribution in [1.82, 2.24) is 4.57 Å². The number of benzene rings is 10. The van der Waals surface area contributed by atoms with Crippen LogP contribution < -0.4 is 0 Å². The Labute approximate surface area is 483 Å². The summed E-state index contributed by atoms with van der Waals surface area (Å²) in [6, 6.07) is 51.9. The zero-order valence-electron chi connectivity index (χ0n) is 47.0. The van der Waals surface area contributed by atoms with Crippen LogP contribution in [0.3, 0.4) is 0 Å². The molecule has 0 N–H and O–H groups in total. The van der Waals surface area contributed by atoms with Gasteiger partial charge in [0.2, 0.25) is 0 Å². The van der Waals surface area contributed by atoms with E-state index >= 15 is 0 Å². The minimum absolute atomic E-state index is 0.0229. The lowest BCUT2D eigenvalue weighted by Crippen LogP contribution is -2.13. The van der Waals surface area contributed by atoms with Crippen LogP contribution in [0.4, 0.5) is 52.7 Å². The van der Waals surface area contributed by atoms with Gasteiger partial charge in [-0.3, -0.25) is 0 Å². The molecule has 0 radical (unpaired) electrons. The predicted molar refractivity (Wildman–Crippen MR) is 316 cm³/mol. The highest BCUT2D eigenvalue weighted by Crippen LogP contribution is 2.46. The molecule has 85 heavy (non-hydrogen) atoms. The summed E-state index contributed by atoms with van der Waals surface area (Å²) in [5.74, 6) is 0. The summed E-state index contributed by atoms with van der Waals surface area (Å²) in [6.07, 6.45) is -19.8. The van der Waals surface area contributed by atoms with Crippen molar-refractivity contribution >= 4 is 21.8 Å². The first kappa shape index (κ1) is 58.0. The van der Waals surface area contributed by atoms with Crippen molar-refractivity contribution in [2.75, 3.05) is 0 Å². The Morgan fingerprint density at radius 3 is 0.965 bits per heavy atom. The van der Waals surface area contributed by atoms with Gasteiger partial charge in [0, 0.05) is 16.3 Å². The molecule has 1 aromatic heterocycles. The van der Waals surface area contributed by atoms with Crippen molar-refractivity contribution in [1.29, 1.82) is 0 Å². The molecule has 10 aromatic carbocycles. The molecule has 0 spiro atoms. The second-order valence-electron chi connectivity index (χ2n) is 23.1. The number of aromatic nitrogens is 1. The first-order valence-corrected chi connectivity index (χ1v) is 27.2. The Balaban J connectivity index is 1.20. The molecule has 0 fully saturated rings. The summed E-state index contributed by atoms with van der Waals surface area (Å²) >= 11 is 0. The van der Waals surface area contributed by atoms with Crippen LogP contribution >= 0.6 is 0 Å². The molecule has 0 saturated heterocycles. The maximum absolute atomic E-state index is 14.5. The molecule has 1 nitrogen and oxygen atoms in total. The van der Waals surface area contributed by atoms with E-state index in [1.807, 2.05) is 117 Å². The lowest BCUT2D eigenvalue weighted by Gasteiger charge is -2.24. The van der Waals surface area contributed by atoms with E-state index in [9.17, 15) is 52.7 Å². The third kappa shape index (κ3) is 11.7. The average molecular weight is 1160 g/mol. The van der Waals surface area contributed by atoms with E-state index in [0.29, 0.717) is 61.8 Å². The molecule has 0 saturated carbocycles. The van der Waals surface area contributed by atoms with Gasteiger partial charge in [-0.05, 0) is 231 Å². The SMILES string of the molecule is Cc1cc(C)cc(-c2cc(-c3cc(C)cc(C(F)(F)F)c3)cc(-c3ccc4c(c3)c3cc(-c5cc(-c6cc(C)cc(C(F)(F)F)c6)cc(-c6cc(C(F)(F)F)cc(C(F)(F)F)c6)c5)ccc3n4-c3ccccc3-c3ccccc3C(C)(C)C)c2)c1. The van der Waals surface area contributed by atoms with Gasteiger partial charge in [-0.15, -0.1) is 0 Å². The van der Waals surface area contributed by atoms with Crippen LogP contribution in [-0.2, 0) is 30.1 Å². The molecule has 0 aliphatic carbocycles. The fourth-order valence-electron chi connectivity index (χ4n) is 11.7. The minimum Gasteiger partial charge on any atom is -0.309 e. The highest BCUT2D eigenvalue weighted by Gasteiger charge is 2.38. The van der Waals surface area contributed by atoms with Crippen LogP contribution in [-0.4, -0.2) is 4.57 Å². The molecule has 0 bridgehead atoms. The van der Waals surface area contributed by atoms with E-state index < -0.39 is 52.5 Å². The summed E-state index contributed by atoms with van der Waals surface area (Å²) in [5, 5.41) is 1.34. The number of hydrogen-bond acceptors (Lipinski definition) is 0. The van der Waals surface area contributed by atoms with Gasteiger partial charge < -0.3 is 4.57 Å². The largest absolute Gasteiger partial charge is 0.416 e. The van der Waals surface area contributed by atoms with Crippen LogP contribution in [0.5, 0.6) is 0 Å². The third-order valence-corrected chi connectivity index (χ3v) is 15.4. The van der Waals surface area contributed by atoms with Gasteiger partial charge in [-0.25, -0.2) is 0 Å². The van der Waals surface area contributed by atoms with E-state index in [4.69, 9.17) is 0 Å². The number of nitrogens with zero attached hydrogens (tertiary/aromatic N) is 1. The van der Waals surface area contributed by atoms with Crippen molar-refractivity contribution in [2.45, 2.75) is 78.6 Å². The van der Waals surface area contributed by atoms with Crippen LogP contribution in [0.15, 0.2) is 194 Å². The molecule has 11 aromatic rings. The maximum Gasteiger partial charge on any atom is 0.416 e. The monoisotopic (exact) mass is 1160 g/mol. The van der Waals surface area contributed by atoms with E-state index in [1.165, 1.54) is 25.1 Å². The number of rotatable bonds is 8. The highest BCUT2D eigenvalue weighted by atomic mass is 19.4. The lowest BCUT2D eigenvalue weighted by atomic mass is 9.81. The third-order valence-electron chi connectivity index (χ3n) is 15.4. The van der Waals surface area contributed by atoms with Crippen molar-refractivity contribution < 1.29 is 52.7 Å². The molecule has 0 aliphatic heterocycles. The Kier molecular flexibility index (Phi) is 14.3. The Morgan fingerprint density at radius 2 is 0.576 bits per heavy atom. The molecular weight excluding hydrogens is 1110 g/mol. The molecule has 11 rings (SSSR count). The Hall–Kier alpha value is -8.84. The number of aryl methyl sites for hydroxylation is 4. The smallest absolute Gasteiger partial charge is 0.309 e. The maximum atomic E-state index is 14.5. The zero-order chi connectivity index (χ0) is 60.9. The Morgan fingerprint density at radius 1 is 0.271 bits per heavy atom. The number of fused-ring (bicyclic) bond motifs is 3. The standard InChI is InChI=1S/C72H53F12N/c1-40-20-41(2)22-46(21-40)51-27-49(28-52(31-51)47-23-42(3)25-56(33-47)69(73,74)75)44-16-18-66-62(37-44)63-38-45(17-19-67(63)85(66)65-15-11-9-13-61(65)60-12-8-10-14-64(60)68(5,6)7)50-29-53(48-24-43(4)26-57(34-48)70(76,77)78)32-54(30-50)55-35-58(71(79,80)81)39-59(36-55)72(82,83)84/h8-39H,1-7H3. The van der Waals surface area contributed by atoms with Crippen molar-refractivity contribution in [3.05, 3.63) is 244 Å². The second kappa shape index (κ2) is 21.0. The van der Waals surface area contributed by atoms with Gasteiger partial charge >= 0.3 is 24.7 Å². The van der Waals surface area contributed by atoms with Gasteiger partial charge in [-0.1, -0.05) is 117 Å². The van der Waals surface area contributed by atoms with Gasteiger partial charge in [0.25, 0.3) is 0 Å². The molecular formula is C72H53F12N. The first-order chi connectivity index (χ1) is 39.8. The Bertz CT molecular complexity index is 4390. The second-order valence-corrected chi connectivity index (χ2v) is 23.1. The van der Waals surface area contributed by atoms with Gasteiger partial charge in [-0.2, -0.15) is 52.7 Å². The van der Waals surface area contributed by atoms with E-state index in [-0.39, 0.29) is 39.3 Å². The molecule has 13 heteroatoms. The molecule has 0 aliphatic rings. The first-order valence-electron chi connectivity index (χ1n) is 27.2. The van der Waals surface area contributed by atoms with Gasteiger partial charge in [0.05, 0.1) is 39.0 Å². The summed E-state index contributed by atoms with van der Waals surface area (Å²) < 4.78 is 175. The highest BCUT2D eigenvalue weighted by molar-refractivity contribution is 6.12. The summed E-state index contributed by atoms with van der Waals surface area (Å²) in [5.41, 5.74) is 6.66. The van der Waals surface area contributed by atoms with Gasteiger partial charge in [0.15, 0.2) is 0 Å². The van der Waals surface area contributed by atoms with E-state index in [1.54, 1.807) is 25.1 Å². The topological polar surface area (TPSA) is 4.93 Å². The quantitative estimate of drug-likeness (QED) is 0.134. The van der Waals surface area contributed by atoms with E-state index in [2.05, 4.69) is 37.5 Å². The molecule has 0 atom stereocenters. The fourth-order valence-corrected chi connectivity index (χ4v) is 11.7. The van der Waals surface area contributed by atoms with Crippen LogP contribution in [0.25, 0.3) is 105 Å². The molecule has 430 valence electrons. The minimum atomic E-state index is -5.19. The normalized spacial score (nSPS) is 12.6. The molecule has 0 amide bonds. The predicted octanol–water partition coefficient (Wildman–Crippen LogP) is 23.1. The number of halogens is 12. The van der Waals surface area contributed by atoms with Crippen molar-refractivity contribution in [2.24, 2.45) is 0 Å². The average Bonchev–Trinajstić information content (AvgIpc) is 1.86. The summed E-state index contributed by atoms with van der Waals surface area (Å²) in [7, 11) is 0. The summed E-state index contributed by atoms with van der Waals surface area (Å²) in [4.78, 5) is 0. The fraction of sp³-hybridized carbons (Fsp3) is 0.167. The number of hydrogen-bond donors (Lipinski definition) is 0. The van der Waals surface area contributed by atoms with Crippen molar-refractivity contribution in [3.63, 3.8) is 0 Å². The van der Waals surface area contributed by atoms with Gasteiger partial charge in [0.1, 0.15) is 0 Å². The molecule has 1 heterocycles. The molecule has 0 unspecified atom stereocenters. The van der Waals surface area contributed by atoms with Crippen LogP contribution in [0, 0.1) is 27.7 Å². The number of para-hydroxylation sites is 1.